The normalized spacial score (nSPS) is 10.7. The highest BCUT2D eigenvalue weighted by Gasteiger charge is 2.18. The zero-order chi connectivity index (χ0) is 16.7. The minimum Gasteiger partial charge on any atom is -0.493 e. The van der Waals surface area contributed by atoms with Gasteiger partial charge in [0.1, 0.15) is 6.61 Å². The predicted octanol–water partition coefficient (Wildman–Crippen LogP) is 2.21. The SMILES string of the molecule is COc1cc(C(=O)OCCN(C)C(C)C)cc(OC)c1OC. The van der Waals surface area contributed by atoms with Gasteiger partial charge in [-0.3, -0.25) is 0 Å². The third-order valence-electron chi connectivity index (χ3n) is 3.46. The first kappa shape index (κ1) is 18.1. The van der Waals surface area contributed by atoms with Gasteiger partial charge in [0.15, 0.2) is 11.5 Å². The monoisotopic (exact) mass is 311 g/mol. The Hall–Kier alpha value is -1.95. The molecule has 6 nitrogen and oxygen atoms in total. The van der Waals surface area contributed by atoms with Crippen LogP contribution in [0, 0.1) is 0 Å². The third kappa shape index (κ3) is 4.53. The molecule has 0 aliphatic carbocycles. The second-order valence-electron chi connectivity index (χ2n) is 5.12. The van der Waals surface area contributed by atoms with Gasteiger partial charge in [-0.25, -0.2) is 4.79 Å². The zero-order valence-electron chi connectivity index (χ0n) is 14.1. The maximum absolute atomic E-state index is 12.1. The van der Waals surface area contributed by atoms with Crippen molar-refractivity contribution in [2.45, 2.75) is 19.9 Å². The number of likely N-dealkylation sites (N-methyl/N-ethyl adjacent to an activating group) is 1. The largest absolute Gasteiger partial charge is 0.493 e. The van der Waals surface area contributed by atoms with Crippen molar-refractivity contribution >= 4 is 5.97 Å². The smallest absolute Gasteiger partial charge is 0.338 e. The molecule has 0 spiro atoms. The highest BCUT2D eigenvalue weighted by Crippen LogP contribution is 2.38. The molecule has 124 valence electrons. The first-order valence-electron chi connectivity index (χ1n) is 7.12. The van der Waals surface area contributed by atoms with Crippen molar-refractivity contribution in [1.82, 2.24) is 4.90 Å². The Morgan fingerprint density at radius 2 is 1.64 bits per heavy atom. The van der Waals surface area contributed by atoms with Crippen molar-refractivity contribution in [1.29, 1.82) is 0 Å². The number of rotatable bonds is 8. The Bertz CT molecular complexity index is 476. The fraction of sp³-hybridized carbons (Fsp3) is 0.562. The van der Waals surface area contributed by atoms with Crippen LogP contribution in [0.1, 0.15) is 24.2 Å². The molecular formula is C16H25NO5. The van der Waals surface area contributed by atoms with E-state index in [2.05, 4.69) is 18.7 Å². The zero-order valence-corrected chi connectivity index (χ0v) is 14.1. The Morgan fingerprint density at radius 1 is 1.09 bits per heavy atom. The minimum atomic E-state index is -0.420. The second-order valence-corrected chi connectivity index (χ2v) is 5.12. The Labute approximate surface area is 131 Å². The molecule has 1 rings (SSSR count). The van der Waals surface area contributed by atoms with Gasteiger partial charge in [-0.05, 0) is 33.0 Å². The van der Waals surface area contributed by atoms with Crippen LogP contribution in [0.15, 0.2) is 12.1 Å². The van der Waals surface area contributed by atoms with E-state index in [-0.39, 0.29) is 0 Å². The molecule has 0 saturated carbocycles. The van der Waals surface area contributed by atoms with E-state index in [0.29, 0.717) is 42.0 Å². The average molecular weight is 311 g/mol. The van der Waals surface area contributed by atoms with Crippen molar-refractivity contribution in [2.24, 2.45) is 0 Å². The second kappa shape index (κ2) is 8.48. The summed E-state index contributed by atoms with van der Waals surface area (Å²) in [5, 5.41) is 0. The molecule has 0 aliphatic rings. The van der Waals surface area contributed by atoms with Crippen LogP contribution in [0.25, 0.3) is 0 Å². The molecule has 0 aromatic heterocycles. The van der Waals surface area contributed by atoms with Crippen LogP contribution >= 0.6 is 0 Å². The summed E-state index contributed by atoms with van der Waals surface area (Å²) in [6.07, 6.45) is 0. The summed E-state index contributed by atoms with van der Waals surface area (Å²) in [4.78, 5) is 14.2. The molecule has 1 aromatic carbocycles. The molecule has 0 bridgehead atoms. The summed E-state index contributed by atoms with van der Waals surface area (Å²) >= 11 is 0. The number of hydrogen-bond acceptors (Lipinski definition) is 6. The maximum Gasteiger partial charge on any atom is 0.338 e. The molecule has 0 saturated heterocycles. The van der Waals surface area contributed by atoms with Crippen LogP contribution in [-0.2, 0) is 4.74 Å². The van der Waals surface area contributed by atoms with Gasteiger partial charge in [0.25, 0.3) is 0 Å². The van der Waals surface area contributed by atoms with E-state index in [1.807, 2.05) is 7.05 Å². The Balaban J connectivity index is 2.81. The van der Waals surface area contributed by atoms with Crippen LogP contribution in [0.4, 0.5) is 0 Å². The molecule has 0 radical (unpaired) electrons. The summed E-state index contributed by atoms with van der Waals surface area (Å²) < 4.78 is 21.0. The van der Waals surface area contributed by atoms with Gasteiger partial charge >= 0.3 is 5.97 Å². The number of hydrogen-bond donors (Lipinski definition) is 0. The molecule has 22 heavy (non-hydrogen) atoms. The quantitative estimate of drug-likeness (QED) is 0.686. The minimum absolute atomic E-state index is 0.324. The standard InChI is InChI=1S/C16H25NO5/c1-11(2)17(3)7-8-22-16(18)12-9-13(19-4)15(21-6)14(10-12)20-5/h9-11H,7-8H2,1-6H3. The lowest BCUT2D eigenvalue weighted by Crippen LogP contribution is -2.30. The fourth-order valence-corrected chi connectivity index (χ4v) is 1.82. The van der Waals surface area contributed by atoms with E-state index in [4.69, 9.17) is 18.9 Å². The Morgan fingerprint density at radius 3 is 2.05 bits per heavy atom. The van der Waals surface area contributed by atoms with E-state index >= 15 is 0 Å². The molecule has 0 heterocycles. The number of carbonyl (C=O) groups excluding carboxylic acids is 1. The lowest BCUT2D eigenvalue weighted by atomic mass is 10.2. The summed E-state index contributed by atoms with van der Waals surface area (Å²) in [5.41, 5.74) is 0.363. The number of methoxy groups -OCH3 is 3. The number of benzene rings is 1. The summed E-state index contributed by atoms with van der Waals surface area (Å²) in [6.45, 7) is 5.17. The number of carbonyl (C=O) groups is 1. The van der Waals surface area contributed by atoms with Crippen molar-refractivity contribution in [2.75, 3.05) is 41.5 Å². The number of nitrogens with zero attached hydrogens (tertiary/aromatic N) is 1. The number of esters is 1. The van der Waals surface area contributed by atoms with Gasteiger partial charge in [-0.15, -0.1) is 0 Å². The molecular weight excluding hydrogens is 286 g/mol. The van der Waals surface area contributed by atoms with Gasteiger partial charge in [0.05, 0.1) is 26.9 Å². The highest BCUT2D eigenvalue weighted by atomic mass is 16.5. The molecule has 0 fully saturated rings. The van der Waals surface area contributed by atoms with Gasteiger partial charge in [0, 0.05) is 12.6 Å². The molecule has 0 N–H and O–H groups in total. The van der Waals surface area contributed by atoms with Gasteiger partial charge < -0.3 is 23.8 Å². The fourth-order valence-electron chi connectivity index (χ4n) is 1.82. The van der Waals surface area contributed by atoms with E-state index in [0.717, 1.165) is 0 Å². The average Bonchev–Trinajstić information content (AvgIpc) is 2.52. The van der Waals surface area contributed by atoms with E-state index in [1.165, 1.54) is 21.3 Å². The molecule has 0 unspecified atom stereocenters. The molecule has 0 aliphatic heterocycles. The van der Waals surface area contributed by atoms with Crippen LogP contribution in [0.2, 0.25) is 0 Å². The van der Waals surface area contributed by atoms with Crippen LogP contribution < -0.4 is 14.2 Å². The predicted molar refractivity (Wildman–Crippen MR) is 84.1 cm³/mol. The first-order chi connectivity index (χ1) is 10.4. The summed E-state index contributed by atoms with van der Waals surface area (Å²) in [7, 11) is 6.51. The lowest BCUT2D eigenvalue weighted by Gasteiger charge is -2.20. The van der Waals surface area contributed by atoms with E-state index < -0.39 is 5.97 Å². The lowest BCUT2D eigenvalue weighted by molar-refractivity contribution is 0.0460. The van der Waals surface area contributed by atoms with Crippen LogP contribution in [-0.4, -0.2) is 58.4 Å². The van der Waals surface area contributed by atoms with Gasteiger partial charge in [-0.1, -0.05) is 0 Å². The molecule has 0 atom stereocenters. The van der Waals surface area contributed by atoms with Crippen LogP contribution in [0.5, 0.6) is 17.2 Å². The number of ether oxygens (including phenoxy) is 4. The van der Waals surface area contributed by atoms with E-state index in [1.54, 1.807) is 12.1 Å². The van der Waals surface area contributed by atoms with Crippen molar-refractivity contribution in [3.8, 4) is 17.2 Å². The summed E-state index contributed by atoms with van der Waals surface area (Å²) in [5.74, 6) is 0.874. The van der Waals surface area contributed by atoms with E-state index in [9.17, 15) is 4.79 Å². The molecule has 0 amide bonds. The highest BCUT2D eigenvalue weighted by molar-refractivity contribution is 5.91. The summed E-state index contributed by atoms with van der Waals surface area (Å²) in [6, 6.07) is 3.56. The van der Waals surface area contributed by atoms with Crippen LogP contribution in [0.3, 0.4) is 0 Å². The van der Waals surface area contributed by atoms with Gasteiger partial charge in [-0.2, -0.15) is 0 Å². The first-order valence-corrected chi connectivity index (χ1v) is 7.12. The maximum atomic E-state index is 12.1. The third-order valence-corrected chi connectivity index (χ3v) is 3.46. The van der Waals surface area contributed by atoms with Crippen molar-refractivity contribution in [3.05, 3.63) is 17.7 Å². The van der Waals surface area contributed by atoms with Crippen molar-refractivity contribution < 1.29 is 23.7 Å². The van der Waals surface area contributed by atoms with Gasteiger partial charge in [0.2, 0.25) is 5.75 Å². The Kier molecular flexibility index (Phi) is 6.98. The van der Waals surface area contributed by atoms with Crippen molar-refractivity contribution in [3.63, 3.8) is 0 Å². The molecule has 1 aromatic rings. The topological polar surface area (TPSA) is 57.2 Å². The molecule has 6 heteroatoms.